The van der Waals surface area contributed by atoms with Crippen molar-refractivity contribution in [3.63, 3.8) is 0 Å². The zero-order valence-corrected chi connectivity index (χ0v) is 6.88. The SMILES string of the molecule is C1OCC12CC1(CSC1)C2. The fourth-order valence-corrected chi connectivity index (χ4v) is 3.92. The van der Waals surface area contributed by atoms with Gasteiger partial charge in [0.15, 0.2) is 0 Å². The molecule has 3 aliphatic rings. The summed E-state index contributed by atoms with van der Waals surface area (Å²) in [5.41, 5.74) is 1.51. The molecule has 0 amide bonds. The van der Waals surface area contributed by atoms with Gasteiger partial charge < -0.3 is 4.74 Å². The molecule has 1 aliphatic carbocycles. The van der Waals surface area contributed by atoms with Gasteiger partial charge in [-0.3, -0.25) is 0 Å². The second-order valence-electron chi connectivity index (χ2n) is 4.34. The van der Waals surface area contributed by atoms with Crippen LogP contribution in [0.5, 0.6) is 0 Å². The maximum absolute atomic E-state index is 5.24. The van der Waals surface area contributed by atoms with Gasteiger partial charge in [0, 0.05) is 5.41 Å². The average Bonchev–Trinajstić information content (AvgIpc) is 1.52. The van der Waals surface area contributed by atoms with Crippen LogP contribution < -0.4 is 0 Å². The van der Waals surface area contributed by atoms with Crippen LogP contribution in [0.2, 0.25) is 0 Å². The first-order valence-corrected chi connectivity index (χ1v) is 5.14. The van der Waals surface area contributed by atoms with Gasteiger partial charge in [-0.25, -0.2) is 0 Å². The number of rotatable bonds is 0. The van der Waals surface area contributed by atoms with Crippen molar-refractivity contribution in [1.82, 2.24) is 0 Å². The Morgan fingerprint density at radius 1 is 1.00 bits per heavy atom. The van der Waals surface area contributed by atoms with E-state index in [1.165, 1.54) is 24.3 Å². The normalized spacial score (nSPS) is 38.4. The van der Waals surface area contributed by atoms with E-state index in [0.717, 1.165) is 18.6 Å². The number of hydrogen-bond acceptors (Lipinski definition) is 2. The highest BCUT2D eigenvalue weighted by atomic mass is 32.2. The van der Waals surface area contributed by atoms with Crippen molar-refractivity contribution in [2.24, 2.45) is 10.8 Å². The van der Waals surface area contributed by atoms with Crippen molar-refractivity contribution in [2.45, 2.75) is 12.8 Å². The third kappa shape index (κ3) is 0.554. The fraction of sp³-hybridized carbons (Fsp3) is 1.00. The number of hydrogen-bond donors (Lipinski definition) is 0. The quantitative estimate of drug-likeness (QED) is 0.526. The van der Waals surface area contributed by atoms with E-state index in [1.807, 2.05) is 0 Å². The molecule has 0 aromatic rings. The second kappa shape index (κ2) is 1.56. The minimum absolute atomic E-state index is 0.695. The predicted molar refractivity (Wildman–Crippen MR) is 42.2 cm³/mol. The molecule has 0 bridgehead atoms. The van der Waals surface area contributed by atoms with Gasteiger partial charge >= 0.3 is 0 Å². The molecule has 1 saturated carbocycles. The molecule has 0 aromatic carbocycles. The van der Waals surface area contributed by atoms with E-state index in [4.69, 9.17) is 4.74 Å². The summed E-state index contributed by atoms with van der Waals surface area (Å²) in [5.74, 6) is 2.88. The molecule has 2 heterocycles. The Hall–Kier alpha value is 0.310. The summed E-state index contributed by atoms with van der Waals surface area (Å²) in [6.07, 6.45) is 2.96. The molecule has 0 unspecified atom stereocenters. The van der Waals surface area contributed by atoms with E-state index in [0.29, 0.717) is 5.41 Å². The first-order valence-electron chi connectivity index (χ1n) is 3.98. The van der Waals surface area contributed by atoms with Crippen molar-refractivity contribution in [3.05, 3.63) is 0 Å². The van der Waals surface area contributed by atoms with Crippen molar-refractivity contribution in [3.8, 4) is 0 Å². The highest BCUT2D eigenvalue weighted by Crippen LogP contribution is 2.64. The lowest BCUT2D eigenvalue weighted by Gasteiger charge is -2.63. The topological polar surface area (TPSA) is 9.23 Å². The molecule has 3 fully saturated rings. The summed E-state index contributed by atoms with van der Waals surface area (Å²) < 4.78 is 5.24. The molecule has 1 nitrogen and oxygen atoms in total. The van der Waals surface area contributed by atoms with Crippen LogP contribution in [-0.2, 0) is 4.74 Å². The summed E-state index contributed by atoms with van der Waals surface area (Å²) in [5, 5.41) is 0. The van der Waals surface area contributed by atoms with E-state index in [1.54, 1.807) is 0 Å². The largest absolute Gasteiger partial charge is 0.380 e. The van der Waals surface area contributed by atoms with E-state index in [9.17, 15) is 0 Å². The molecule has 2 saturated heterocycles. The minimum Gasteiger partial charge on any atom is -0.380 e. The smallest absolute Gasteiger partial charge is 0.0545 e. The van der Waals surface area contributed by atoms with Crippen LogP contribution in [0.25, 0.3) is 0 Å². The minimum atomic E-state index is 0.695. The van der Waals surface area contributed by atoms with E-state index in [-0.39, 0.29) is 0 Å². The van der Waals surface area contributed by atoms with Crippen LogP contribution >= 0.6 is 11.8 Å². The Balaban J connectivity index is 1.69. The van der Waals surface area contributed by atoms with Gasteiger partial charge in [-0.1, -0.05) is 0 Å². The van der Waals surface area contributed by atoms with Crippen LogP contribution in [0, 0.1) is 10.8 Å². The van der Waals surface area contributed by atoms with Gasteiger partial charge in [0.2, 0.25) is 0 Å². The Morgan fingerprint density at radius 2 is 1.70 bits per heavy atom. The lowest BCUT2D eigenvalue weighted by molar-refractivity contribution is -0.202. The maximum Gasteiger partial charge on any atom is 0.0545 e. The third-order valence-electron chi connectivity index (χ3n) is 3.13. The highest BCUT2D eigenvalue weighted by molar-refractivity contribution is 8.00. The molecule has 3 rings (SSSR count). The predicted octanol–water partition coefficient (Wildman–Crippen LogP) is 1.53. The van der Waals surface area contributed by atoms with E-state index < -0.39 is 0 Å². The zero-order valence-electron chi connectivity index (χ0n) is 6.06. The van der Waals surface area contributed by atoms with Crippen molar-refractivity contribution in [2.75, 3.05) is 24.7 Å². The van der Waals surface area contributed by atoms with Crippen LogP contribution in [0.3, 0.4) is 0 Å². The van der Waals surface area contributed by atoms with Crippen LogP contribution in [0.15, 0.2) is 0 Å². The molecule has 0 radical (unpaired) electrons. The lowest BCUT2D eigenvalue weighted by atomic mass is 9.53. The summed E-state index contributed by atoms with van der Waals surface area (Å²) in [4.78, 5) is 0. The van der Waals surface area contributed by atoms with Gasteiger partial charge in [0.25, 0.3) is 0 Å². The average molecular weight is 156 g/mol. The van der Waals surface area contributed by atoms with Crippen molar-refractivity contribution < 1.29 is 4.74 Å². The standard InChI is InChI=1S/C8H12OS/c1-7(3-9-4-7)2-8(1)5-10-6-8/h1-6H2. The molecular weight excluding hydrogens is 144 g/mol. The molecule has 0 aromatic heterocycles. The Morgan fingerprint density at radius 3 is 2.00 bits per heavy atom. The molecular formula is C8H12OS. The van der Waals surface area contributed by atoms with Crippen molar-refractivity contribution in [1.29, 1.82) is 0 Å². The van der Waals surface area contributed by atoms with E-state index >= 15 is 0 Å². The Labute approximate surface area is 65.5 Å². The Bertz CT molecular complexity index is 142. The zero-order chi connectivity index (χ0) is 6.66. The van der Waals surface area contributed by atoms with Gasteiger partial charge in [-0.2, -0.15) is 11.8 Å². The van der Waals surface area contributed by atoms with E-state index in [2.05, 4.69) is 11.8 Å². The molecule has 2 aliphatic heterocycles. The first kappa shape index (κ1) is 5.90. The number of ether oxygens (including phenoxy) is 1. The molecule has 10 heavy (non-hydrogen) atoms. The van der Waals surface area contributed by atoms with Crippen molar-refractivity contribution >= 4 is 11.8 Å². The summed E-state index contributed by atoms with van der Waals surface area (Å²) in [6, 6.07) is 0. The van der Waals surface area contributed by atoms with Gasteiger partial charge in [-0.15, -0.1) is 0 Å². The monoisotopic (exact) mass is 156 g/mol. The van der Waals surface area contributed by atoms with Crippen LogP contribution in [0.1, 0.15) is 12.8 Å². The van der Waals surface area contributed by atoms with Crippen LogP contribution in [0.4, 0.5) is 0 Å². The fourth-order valence-electron chi connectivity index (χ4n) is 2.73. The molecule has 2 heteroatoms. The highest BCUT2D eigenvalue weighted by Gasteiger charge is 2.60. The maximum atomic E-state index is 5.24. The Kier molecular flexibility index (Phi) is 0.919. The molecule has 0 N–H and O–H groups in total. The van der Waals surface area contributed by atoms with Gasteiger partial charge in [0.1, 0.15) is 0 Å². The molecule has 56 valence electrons. The summed E-state index contributed by atoms with van der Waals surface area (Å²) >= 11 is 2.11. The summed E-state index contributed by atoms with van der Waals surface area (Å²) in [7, 11) is 0. The lowest BCUT2D eigenvalue weighted by Crippen LogP contribution is -2.62. The summed E-state index contributed by atoms with van der Waals surface area (Å²) in [6.45, 7) is 2.14. The molecule has 2 spiro atoms. The molecule has 0 atom stereocenters. The van der Waals surface area contributed by atoms with Gasteiger partial charge in [0.05, 0.1) is 13.2 Å². The first-order chi connectivity index (χ1) is 4.83. The third-order valence-corrected chi connectivity index (χ3v) is 4.77. The second-order valence-corrected chi connectivity index (χ2v) is 5.32. The van der Waals surface area contributed by atoms with Gasteiger partial charge in [-0.05, 0) is 29.8 Å². The number of thioether (sulfide) groups is 1. The van der Waals surface area contributed by atoms with Crippen LogP contribution in [-0.4, -0.2) is 24.7 Å².